The Kier molecular flexibility index (Phi) is 14.5. The van der Waals surface area contributed by atoms with Crippen LogP contribution in [0.4, 0.5) is 0 Å². The predicted octanol–water partition coefficient (Wildman–Crippen LogP) is -1.50. The number of rotatable bonds is 21. The molecule has 0 aromatic heterocycles. The summed E-state index contributed by atoms with van der Waals surface area (Å²) >= 11 is 0. The molecule has 1 fully saturated rings. The summed E-state index contributed by atoms with van der Waals surface area (Å²) in [5, 5.41) is 21.4. The van der Waals surface area contributed by atoms with Crippen molar-refractivity contribution < 1.29 is 48.2 Å². The SMILES string of the molecule is O=C(CCCCCN1C(=O)C=CC1=O)NCC(=O)NCC(=O)NC(Cc1ccccc1)C(=O)NCC(=O)NCOC(C(=O)O)C1CC1. The van der Waals surface area contributed by atoms with E-state index in [1.807, 2.05) is 0 Å². The molecular formula is C31H40N6O10. The number of carbonyl (C=O) groups excluding carboxylic acids is 7. The summed E-state index contributed by atoms with van der Waals surface area (Å²) in [5.74, 6) is -4.85. The quantitative estimate of drug-likeness (QED) is 0.0510. The highest BCUT2D eigenvalue weighted by Crippen LogP contribution is 2.34. The molecule has 1 aromatic rings. The number of benzene rings is 1. The first-order chi connectivity index (χ1) is 22.5. The van der Waals surface area contributed by atoms with E-state index in [1.54, 1.807) is 30.3 Å². The van der Waals surface area contributed by atoms with Gasteiger partial charge in [0.05, 0.1) is 19.6 Å². The molecule has 1 saturated carbocycles. The first-order valence-corrected chi connectivity index (χ1v) is 15.3. The molecule has 1 heterocycles. The Morgan fingerprint density at radius 2 is 1.40 bits per heavy atom. The smallest absolute Gasteiger partial charge is 0.333 e. The van der Waals surface area contributed by atoms with Gasteiger partial charge < -0.3 is 36.4 Å². The van der Waals surface area contributed by atoms with Crippen molar-refractivity contribution in [1.29, 1.82) is 0 Å². The Balaban J connectivity index is 1.34. The van der Waals surface area contributed by atoms with Crippen molar-refractivity contribution in [2.75, 3.05) is 32.9 Å². The minimum Gasteiger partial charge on any atom is -0.479 e. The van der Waals surface area contributed by atoms with Crippen LogP contribution >= 0.6 is 0 Å². The predicted molar refractivity (Wildman–Crippen MR) is 164 cm³/mol. The monoisotopic (exact) mass is 656 g/mol. The molecule has 47 heavy (non-hydrogen) atoms. The van der Waals surface area contributed by atoms with E-state index in [2.05, 4.69) is 26.6 Å². The molecule has 7 amide bonds. The molecule has 2 aliphatic rings. The van der Waals surface area contributed by atoms with Crippen LogP contribution in [0.1, 0.15) is 44.1 Å². The summed E-state index contributed by atoms with van der Waals surface area (Å²) in [7, 11) is 0. The van der Waals surface area contributed by atoms with Crippen LogP contribution in [0.2, 0.25) is 0 Å². The summed E-state index contributed by atoms with van der Waals surface area (Å²) in [4.78, 5) is 97.4. The van der Waals surface area contributed by atoms with Gasteiger partial charge in [0.2, 0.25) is 29.5 Å². The Labute approximate surface area is 271 Å². The van der Waals surface area contributed by atoms with E-state index < -0.39 is 54.8 Å². The molecule has 16 nitrogen and oxygen atoms in total. The maximum Gasteiger partial charge on any atom is 0.333 e. The summed E-state index contributed by atoms with van der Waals surface area (Å²) in [6.07, 6.45) is 4.77. The summed E-state index contributed by atoms with van der Waals surface area (Å²) in [6.45, 7) is -1.35. The van der Waals surface area contributed by atoms with Gasteiger partial charge in [0.25, 0.3) is 11.8 Å². The van der Waals surface area contributed by atoms with Crippen molar-refractivity contribution in [2.24, 2.45) is 5.92 Å². The lowest BCUT2D eigenvalue weighted by Crippen LogP contribution is -2.52. The molecule has 2 atom stereocenters. The second-order valence-corrected chi connectivity index (χ2v) is 11.1. The number of unbranched alkanes of at least 4 members (excludes halogenated alkanes) is 2. The molecule has 0 spiro atoms. The minimum absolute atomic E-state index is 0.0797. The van der Waals surface area contributed by atoms with E-state index in [0.29, 0.717) is 19.3 Å². The number of carboxylic acid groups (broad SMARTS) is 1. The number of ether oxygens (including phenoxy) is 1. The van der Waals surface area contributed by atoms with Crippen LogP contribution in [0.15, 0.2) is 42.5 Å². The average molecular weight is 657 g/mol. The van der Waals surface area contributed by atoms with Gasteiger partial charge in [0.15, 0.2) is 6.10 Å². The van der Waals surface area contributed by atoms with E-state index >= 15 is 0 Å². The molecule has 0 bridgehead atoms. The molecule has 16 heteroatoms. The fourth-order valence-electron chi connectivity index (χ4n) is 4.57. The third kappa shape index (κ3) is 13.4. The molecule has 1 aliphatic heterocycles. The summed E-state index contributed by atoms with van der Waals surface area (Å²) in [5.41, 5.74) is 0.729. The van der Waals surface area contributed by atoms with Gasteiger partial charge >= 0.3 is 5.97 Å². The fourth-order valence-corrected chi connectivity index (χ4v) is 4.57. The first-order valence-electron chi connectivity index (χ1n) is 15.3. The zero-order valence-corrected chi connectivity index (χ0v) is 25.8. The van der Waals surface area contributed by atoms with E-state index in [4.69, 9.17) is 4.74 Å². The normalized spacial score (nSPS) is 15.0. The van der Waals surface area contributed by atoms with E-state index in [9.17, 15) is 43.5 Å². The lowest BCUT2D eigenvalue weighted by molar-refractivity contribution is -0.153. The number of nitrogens with one attached hydrogen (secondary N) is 5. The number of carbonyl (C=O) groups is 8. The van der Waals surface area contributed by atoms with E-state index in [0.717, 1.165) is 23.3 Å². The van der Waals surface area contributed by atoms with Crippen molar-refractivity contribution in [3.05, 3.63) is 48.0 Å². The molecule has 1 aromatic carbocycles. The molecule has 3 rings (SSSR count). The van der Waals surface area contributed by atoms with Crippen LogP contribution in [0.25, 0.3) is 0 Å². The van der Waals surface area contributed by atoms with E-state index in [-0.39, 0.29) is 56.3 Å². The second kappa shape index (κ2) is 18.8. The standard InChI is InChI=1S/C31H40N6O10/c38-23(9-5-2-6-14-37-27(42)12-13-28(37)43)32-16-24(39)33-18-26(41)36-22(15-20-7-3-1-4-8-20)30(44)34-17-25(40)35-19-47-29(31(45)46)21-10-11-21/h1,3-4,7-8,12-13,21-22,29H,2,5-6,9-11,14-19H2,(H,32,38)(H,33,39)(H,34,44)(H,35,40)(H,36,41)(H,45,46). The van der Waals surface area contributed by atoms with Crippen LogP contribution in [0.5, 0.6) is 0 Å². The number of hydrogen-bond donors (Lipinski definition) is 6. The highest BCUT2D eigenvalue weighted by atomic mass is 16.5. The maximum atomic E-state index is 12.9. The van der Waals surface area contributed by atoms with Crippen molar-refractivity contribution in [3.63, 3.8) is 0 Å². The van der Waals surface area contributed by atoms with Gasteiger partial charge in [-0.05, 0) is 37.2 Å². The number of carboxylic acids is 1. The minimum atomic E-state index is -1.11. The molecule has 254 valence electrons. The van der Waals surface area contributed by atoms with Crippen molar-refractivity contribution in [1.82, 2.24) is 31.5 Å². The third-order valence-electron chi connectivity index (χ3n) is 7.26. The largest absolute Gasteiger partial charge is 0.479 e. The van der Waals surface area contributed by atoms with Gasteiger partial charge in [0, 0.05) is 31.5 Å². The molecule has 2 unspecified atom stereocenters. The van der Waals surface area contributed by atoms with Crippen LogP contribution in [0.3, 0.4) is 0 Å². The lowest BCUT2D eigenvalue weighted by atomic mass is 10.1. The van der Waals surface area contributed by atoms with Crippen LogP contribution in [-0.2, 0) is 49.5 Å². The van der Waals surface area contributed by atoms with Gasteiger partial charge in [0.1, 0.15) is 12.8 Å². The Morgan fingerprint density at radius 3 is 2.06 bits per heavy atom. The highest BCUT2D eigenvalue weighted by Gasteiger charge is 2.37. The topological polar surface area (TPSA) is 229 Å². The van der Waals surface area contributed by atoms with Gasteiger partial charge in [-0.2, -0.15) is 0 Å². The van der Waals surface area contributed by atoms with E-state index in [1.165, 1.54) is 12.2 Å². The number of amides is 7. The lowest BCUT2D eigenvalue weighted by Gasteiger charge is -2.19. The summed E-state index contributed by atoms with van der Waals surface area (Å²) < 4.78 is 5.23. The van der Waals surface area contributed by atoms with Gasteiger partial charge in [-0.3, -0.25) is 38.5 Å². The number of aliphatic carboxylic acids is 1. The molecule has 0 saturated heterocycles. The molecule has 0 radical (unpaired) electrons. The van der Waals surface area contributed by atoms with Crippen molar-refractivity contribution >= 4 is 47.3 Å². The van der Waals surface area contributed by atoms with Crippen molar-refractivity contribution in [3.8, 4) is 0 Å². The van der Waals surface area contributed by atoms with Crippen LogP contribution in [-0.4, -0.2) is 102 Å². The fraction of sp³-hybridized carbons (Fsp3) is 0.484. The van der Waals surface area contributed by atoms with Crippen molar-refractivity contribution in [2.45, 2.75) is 57.1 Å². The Bertz CT molecular complexity index is 1330. The first kappa shape index (κ1) is 36.3. The van der Waals surface area contributed by atoms with Gasteiger partial charge in [-0.15, -0.1) is 0 Å². The highest BCUT2D eigenvalue weighted by molar-refractivity contribution is 6.12. The Hall–Kier alpha value is -5.12. The maximum absolute atomic E-state index is 12.9. The summed E-state index contributed by atoms with van der Waals surface area (Å²) in [6, 6.07) is 7.73. The Morgan fingerprint density at radius 1 is 0.787 bits per heavy atom. The molecule has 1 aliphatic carbocycles. The molecular weight excluding hydrogens is 616 g/mol. The number of nitrogens with zero attached hydrogens (tertiary/aromatic N) is 1. The number of imide groups is 1. The number of hydrogen-bond acceptors (Lipinski definition) is 9. The van der Waals surface area contributed by atoms with Gasteiger partial charge in [-0.25, -0.2) is 4.79 Å². The zero-order chi connectivity index (χ0) is 34.2. The second-order valence-electron chi connectivity index (χ2n) is 11.1. The average Bonchev–Trinajstić information content (AvgIpc) is 3.84. The van der Waals surface area contributed by atoms with Crippen LogP contribution in [0, 0.1) is 5.92 Å². The zero-order valence-electron chi connectivity index (χ0n) is 25.8. The van der Waals surface area contributed by atoms with Crippen LogP contribution < -0.4 is 26.6 Å². The van der Waals surface area contributed by atoms with Gasteiger partial charge in [-0.1, -0.05) is 36.8 Å². The third-order valence-corrected chi connectivity index (χ3v) is 7.26. The molecule has 6 N–H and O–H groups in total.